The van der Waals surface area contributed by atoms with Crippen molar-refractivity contribution in [1.29, 1.82) is 0 Å². The summed E-state index contributed by atoms with van der Waals surface area (Å²) in [5, 5.41) is 0. The molecule has 0 radical (unpaired) electrons. The first-order chi connectivity index (χ1) is 41.0. The van der Waals surface area contributed by atoms with E-state index in [1.54, 1.807) is 0 Å². The van der Waals surface area contributed by atoms with E-state index in [2.05, 4.69) is 185 Å². The Labute approximate surface area is 511 Å². The minimum atomic E-state index is -0.834. The van der Waals surface area contributed by atoms with Crippen molar-refractivity contribution in [3.05, 3.63) is 170 Å². The highest BCUT2D eigenvalue weighted by Gasteiger charge is 2.19. The molecule has 6 nitrogen and oxygen atoms in total. The van der Waals surface area contributed by atoms with E-state index in [0.29, 0.717) is 19.3 Å². The molecule has 0 aromatic carbocycles. The van der Waals surface area contributed by atoms with Gasteiger partial charge in [-0.2, -0.15) is 0 Å². The number of rotatable bonds is 59. The molecule has 466 valence electrons. The van der Waals surface area contributed by atoms with Crippen molar-refractivity contribution in [3.8, 4) is 0 Å². The molecule has 0 fully saturated rings. The third-order valence-corrected chi connectivity index (χ3v) is 13.7. The summed E-state index contributed by atoms with van der Waals surface area (Å²) in [5.41, 5.74) is 0. The van der Waals surface area contributed by atoms with Gasteiger partial charge in [0.25, 0.3) is 0 Å². The Kier molecular flexibility index (Phi) is 64.9. The lowest BCUT2D eigenvalue weighted by Gasteiger charge is -2.18. The van der Waals surface area contributed by atoms with E-state index in [4.69, 9.17) is 14.2 Å². The van der Waals surface area contributed by atoms with Gasteiger partial charge < -0.3 is 14.2 Å². The number of carbonyl (C=O) groups excluding carboxylic acids is 3. The molecule has 1 unspecified atom stereocenters. The molecule has 0 heterocycles. The molecular weight excluding hydrogens is 1020 g/mol. The van der Waals surface area contributed by atoms with Crippen LogP contribution in [-0.2, 0) is 28.6 Å². The fourth-order valence-electron chi connectivity index (χ4n) is 8.74. The normalized spacial score (nSPS) is 13.2. The number of ether oxygens (including phenoxy) is 3. The van der Waals surface area contributed by atoms with Crippen molar-refractivity contribution in [2.24, 2.45) is 0 Å². The van der Waals surface area contributed by atoms with Gasteiger partial charge in [0.15, 0.2) is 6.10 Å². The van der Waals surface area contributed by atoms with Crippen molar-refractivity contribution in [3.63, 3.8) is 0 Å². The summed E-state index contributed by atoms with van der Waals surface area (Å²) in [6, 6.07) is 0. The Bertz CT molecular complexity index is 1890. The largest absolute Gasteiger partial charge is 0.462 e. The van der Waals surface area contributed by atoms with E-state index in [-0.39, 0.29) is 31.6 Å². The van der Waals surface area contributed by atoms with E-state index in [9.17, 15) is 14.4 Å². The van der Waals surface area contributed by atoms with E-state index in [1.807, 2.05) is 6.08 Å². The molecule has 0 saturated carbocycles. The molecule has 0 aliphatic heterocycles. The summed E-state index contributed by atoms with van der Waals surface area (Å²) in [5.74, 6) is -1.02. The van der Waals surface area contributed by atoms with Crippen LogP contribution in [0.1, 0.15) is 278 Å². The summed E-state index contributed by atoms with van der Waals surface area (Å²) in [6.45, 7) is 6.33. The summed E-state index contributed by atoms with van der Waals surface area (Å²) in [4.78, 5) is 38.3. The molecule has 0 spiro atoms. The van der Waals surface area contributed by atoms with Crippen LogP contribution in [0.3, 0.4) is 0 Å². The first-order valence-electron chi connectivity index (χ1n) is 33.6. The van der Waals surface area contributed by atoms with Crippen molar-refractivity contribution in [2.45, 2.75) is 284 Å². The first kappa shape index (κ1) is 77.8. The maximum Gasteiger partial charge on any atom is 0.306 e. The van der Waals surface area contributed by atoms with Crippen LogP contribution < -0.4 is 0 Å². The molecule has 83 heavy (non-hydrogen) atoms. The Morgan fingerprint density at radius 2 is 0.494 bits per heavy atom. The lowest BCUT2D eigenvalue weighted by atomic mass is 10.1. The summed E-state index contributed by atoms with van der Waals surface area (Å²) in [6.07, 6.45) is 102. The van der Waals surface area contributed by atoms with Crippen molar-refractivity contribution in [1.82, 2.24) is 0 Å². The molecule has 1 atom stereocenters. The summed E-state index contributed by atoms with van der Waals surface area (Å²) < 4.78 is 16.9. The minimum absolute atomic E-state index is 0.120. The average Bonchev–Trinajstić information content (AvgIpc) is 3.49. The number of allylic oxidation sites excluding steroid dienone is 28. The highest BCUT2D eigenvalue weighted by molar-refractivity contribution is 5.71. The Hall–Kier alpha value is -5.23. The zero-order valence-corrected chi connectivity index (χ0v) is 53.4. The maximum absolute atomic E-state index is 12.9. The number of carbonyl (C=O) groups is 3. The van der Waals surface area contributed by atoms with Gasteiger partial charge in [0, 0.05) is 19.3 Å². The van der Waals surface area contributed by atoms with Crippen LogP contribution in [0.4, 0.5) is 0 Å². The zero-order chi connectivity index (χ0) is 59.9. The third-order valence-electron chi connectivity index (χ3n) is 13.7. The van der Waals surface area contributed by atoms with E-state index in [0.717, 1.165) is 141 Å². The number of hydrogen-bond acceptors (Lipinski definition) is 6. The standard InChI is InChI=1S/C77H122O6/c1-4-7-10-13-16-19-22-25-28-30-32-33-34-35-36-37-38-39-40-41-42-43-45-46-49-52-55-58-61-64-67-70-76(79)82-73-74(72-81-75(78)69-66-63-60-57-54-51-48-27-24-21-18-15-12-9-6-3)83-77(80)71-68-65-62-59-56-53-50-47-44-31-29-26-23-20-17-14-11-8-5-2/h7-8,10-11,16-17,19-20,25-29,32-33,35-36,38-39,41-42,44,47-48,53,56,62,65,74H,4-6,9,12-15,18,21-24,30-31,34,37,40,43,45-46,49-52,54-55,57-61,63-64,66-73H2,1-3H3/b10-7-,11-8-,19-16-,20-17-,28-25-,29-26-,33-32-,36-35-,39-38-,42-41-,47-44-,48-27-,56-53-,65-62-. The lowest BCUT2D eigenvalue weighted by molar-refractivity contribution is -0.166. The molecule has 0 aromatic heterocycles. The van der Waals surface area contributed by atoms with Crippen LogP contribution in [-0.4, -0.2) is 37.2 Å². The SMILES string of the molecule is CC/C=C\C/C=C\C/C=C\C/C=C\C/C=C\C/C=C\C/C=C\CCCCCCCCCCCC(=O)OCC(COC(=O)CCCCCCC/C=C\CCCCCCCC)OC(=O)CC/C=C\C/C=C\C/C=C\C/C=C\C/C=C\C/C=C\CC. The average molecular weight is 1140 g/mol. The highest BCUT2D eigenvalue weighted by atomic mass is 16.6. The highest BCUT2D eigenvalue weighted by Crippen LogP contribution is 2.14. The number of unbranched alkanes of at least 4 members (excludes halogenated alkanes) is 20. The second-order valence-electron chi connectivity index (χ2n) is 21.6. The molecule has 0 amide bonds. The van der Waals surface area contributed by atoms with E-state index < -0.39 is 12.1 Å². The van der Waals surface area contributed by atoms with Gasteiger partial charge in [0.2, 0.25) is 0 Å². The molecule has 0 bridgehead atoms. The Balaban J connectivity index is 4.43. The quantitative estimate of drug-likeness (QED) is 0.0261. The molecule has 0 rings (SSSR count). The molecule has 0 N–H and O–H groups in total. The zero-order valence-electron chi connectivity index (χ0n) is 53.4. The van der Waals surface area contributed by atoms with Gasteiger partial charge in [-0.05, 0) is 141 Å². The first-order valence-corrected chi connectivity index (χ1v) is 33.6. The predicted molar refractivity (Wildman–Crippen MR) is 361 cm³/mol. The second-order valence-corrected chi connectivity index (χ2v) is 21.6. The Morgan fingerprint density at radius 1 is 0.253 bits per heavy atom. The smallest absolute Gasteiger partial charge is 0.306 e. The molecule has 0 saturated heterocycles. The molecule has 0 aliphatic rings. The lowest BCUT2D eigenvalue weighted by Crippen LogP contribution is -2.30. The van der Waals surface area contributed by atoms with Crippen LogP contribution in [0.25, 0.3) is 0 Å². The van der Waals surface area contributed by atoms with E-state index in [1.165, 1.54) is 89.9 Å². The van der Waals surface area contributed by atoms with Gasteiger partial charge in [-0.1, -0.05) is 287 Å². The van der Waals surface area contributed by atoms with Gasteiger partial charge >= 0.3 is 17.9 Å². The van der Waals surface area contributed by atoms with Gasteiger partial charge in [-0.3, -0.25) is 14.4 Å². The molecule has 0 aromatic rings. The van der Waals surface area contributed by atoms with E-state index >= 15 is 0 Å². The summed E-state index contributed by atoms with van der Waals surface area (Å²) in [7, 11) is 0. The van der Waals surface area contributed by atoms with Crippen LogP contribution in [0.2, 0.25) is 0 Å². The predicted octanol–water partition coefficient (Wildman–Crippen LogP) is 23.4. The molecular formula is C77H122O6. The van der Waals surface area contributed by atoms with Gasteiger partial charge in [-0.25, -0.2) is 0 Å². The molecule has 6 heteroatoms. The third kappa shape index (κ3) is 67.4. The topological polar surface area (TPSA) is 78.9 Å². The minimum Gasteiger partial charge on any atom is -0.462 e. The Morgan fingerprint density at radius 3 is 0.795 bits per heavy atom. The van der Waals surface area contributed by atoms with Gasteiger partial charge in [-0.15, -0.1) is 0 Å². The van der Waals surface area contributed by atoms with Crippen LogP contribution in [0, 0.1) is 0 Å². The summed E-state index contributed by atoms with van der Waals surface area (Å²) >= 11 is 0. The van der Waals surface area contributed by atoms with Crippen LogP contribution >= 0.6 is 0 Å². The molecule has 0 aliphatic carbocycles. The van der Waals surface area contributed by atoms with Crippen molar-refractivity contribution < 1.29 is 28.6 Å². The maximum atomic E-state index is 12.9. The van der Waals surface area contributed by atoms with Crippen LogP contribution in [0.5, 0.6) is 0 Å². The van der Waals surface area contributed by atoms with Crippen molar-refractivity contribution >= 4 is 17.9 Å². The van der Waals surface area contributed by atoms with Gasteiger partial charge in [0.05, 0.1) is 0 Å². The fourth-order valence-corrected chi connectivity index (χ4v) is 8.74. The monoisotopic (exact) mass is 1140 g/mol. The second kappa shape index (κ2) is 69.3. The number of esters is 3. The number of hydrogen-bond donors (Lipinski definition) is 0. The fraction of sp³-hybridized carbons (Fsp3) is 0.597. The van der Waals surface area contributed by atoms with Crippen LogP contribution in [0.15, 0.2) is 170 Å². The van der Waals surface area contributed by atoms with Crippen molar-refractivity contribution in [2.75, 3.05) is 13.2 Å². The van der Waals surface area contributed by atoms with Gasteiger partial charge in [0.1, 0.15) is 13.2 Å².